The van der Waals surface area contributed by atoms with Crippen molar-refractivity contribution in [1.82, 2.24) is 10.3 Å². The zero-order chi connectivity index (χ0) is 16.4. The molecule has 0 saturated carbocycles. The molecule has 0 fully saturated rings. The number of carbonyl (C=O) groups is 1. The minimum Gasteiger partial charge on any atom is -0.273 e. The molecule has 2 aromatic rings. The van der Waals surface area contributed by atoms with E-state index >= 15 is 0 Å². The summed E-state index contributed by atoms with van der Waals surface area (Å²) >= 11 is 0. The van der Waals surface area contributed by atoms with E-state index in [0.29, 0.717) is 0 Å². The molecule has 0 atom stereocenters. The first-order valence-corrected chi connectivity index (χ1v) is 8.64. The van der Waals surface area contributed by atoms with Crippen molar-refractivity contribution in [3.05, 3.63) is 65.0 Å². The fourth-order valence-corrected chi connectivity index (χ4v) is 3.49. The number of fused-ring (bicyclic) bond motifs is 1. The van der Waals surface area contributed by atoms with Gasteiger partial charge in [-0.2, -0.15) is 0 Å². The van der Waals surface area contributed by atoms with E-state index in [1.54, 1.807) is 12.1 Å². The van der Waals surface area contributed by atoms with Crippen LogP contribution in [0.3, 0.4) is 0 Å². The summed E-state index contributed by atoms with van der Waals surface area (Å²) in [5.41, 5.74) is 3.96. The molecule has 2 aromatic carbocycles. The van der Waals surface area contributed by atoms with E-state index in [1.165, 1.54) is 24.3 Å². The lowest BCUT2D eigenvalue weighted by Crippen LogP contribution is -2.41. The molecule has 1 aliphatic carbocycles. The number of hydrogen-bond acceptors (Lipinski definition) is 3. The molecule has 0 aliphatic heterocycles. The molecule has 2 N–H and O–H groups in total. The molecule has 1 amide bonds. The predicted octanol–water partition coefficient (Wildman–Crippen LogP) is 1.94. The van der Waals surface area contributed by atoms with Gasteiger partial charge in [-0.05, 0) is 54.7 Å². The van der Waals surface area contributed by atoms with Crippen molar-refractivity contribution in [2.24, 2.45) is 0 Å². The number of halogens is 1. The van der Waals surface area contributed by atoms with Crippen LogP contribution in [0.4, 0.5) is 4.39 Å². The molecule has 0 saturated heterocycles. The third-order valence-electron chi connectivity index (χ3n) is 3.80. The van der Waals surface area contributed by atoms with Crippen LogP contribution in [0.5, 0.6) is 0 Å². The van der Waals surface area contributed by atoms with Crippen molar-refractivity contribution in [3.8, 4) is 0 Å². The highest BCUT2D eigenvalue weighted by molar-refractivity contribution is 7.89. The molecule has 120 valence electrons. The molecule has 0 bridgehead atoms. The third kappa shape index (κ3) is 3.25. The number of hydrazine groups is 1. The Bertz CT molecular complexity index is 865. The van der Waals surface area contributed by atoms with Crippen molar-refractivity contribution in [2.45, 2.75) is 24.2 Å². The second kappa shape index (κ2) is 6.10. The summed E-state index contributed by atoms with van der Waals surface area (Å²) in [6.45, 7) is 0. The molecule has 3 rings (SSSR count). The van der Waals surface area contributed by atoms with Crippen LogP contribution in [0.15, 0.2) is 47.4 Å². The molecule has 23 heavy (non-hydrogen) atoms. The predicted molar refractivity (Wildman–Crippen MR) is 82.7 cm³/mol. The third-order valence-corrected chi connectivity index (χ3v) is 5.04. The summed E-state index contributed by atoms with van der Waals surface area (Å²) < 4.78 is 38.0. The van der Waals surface area contributed by atoms with Crippen LogP contribution in [0, 0.1) is 5.82 Å². The zero-order valence-corrected chi connectivity index (χ0v) is 13.0. The first kappa shape index (κ1) is 15.6. The normalized spacial score (nSPS) is 13.6. The standard InChI is InChI=1S/C16H15FN2O3S/c17-15-7-2-1-6-14(15)16(20)18-19-23(21,22)13-9-8-11-4-3-5-12(11)10-13/h1-2,6-10,19H,3-5H2,(H,18,20). The molecule has 1 aliphatic rings. The molecule has 0 heterocycles. The van der Waals surface area contributed by atoms with Crippen LogP contribution >= 0.6 is 0 Å². The molecule has 0 spiro atoms. The van der Waals surface area contributed by atoms with Crippen LogP contribution in [-0.2, 0) is 22.9 Å². The van der Waals surface area contributed by atoms with Crippen LogP contribution in [0.1, 0.15) is 27.9 Å². The quantitative estimate of drug-likeness (QED) is 0.839. The maximum atomic E-state index is 13.5. The second-order valence-electron chi connectivity index (χ2n) is 5.32. The van der Waals surface area contributed by atoms with Gasteiger partial charge in [-0.1, -0.05) is 18.2 Å². The van der Waals surface area contributed by atoms with E-state index in [1.807, 2.05) is 10.3 Å². The number of carbonyl (C=O) groups excluding carboxylic acids is 1. The van der Waals surface area contributed by atoms with Gasteiger partial charge in [-0.15, -0.1) is 4.83 Å². The average molecular weight is 334 g/mol. The number of nitrogens with one attached hydrogen (secondary N) is 2. The molecule has 7 heteroatoms. The van der Waals surface area contributed by atoms with Gasteiger partial charge in [0.15, 0.2) is 0 Å². The van der Waals surface area contributed by atoms with E-state index in [0.717, 1.165) is 36.5 Å². The monoisotopic (exact) mass is 334 g/mol. The Morgan fingerprint density at radius 2 is 1.78 bits per heavy atom. The summed E-state index contributed by atoms with van der Waals surface area (Å²) in [6, 6.07) is 10.2. The van der Waals surface area contributed by atoms with Gasteiger partial charge in [-0.3, -0.25) is 10.2 Å². The van der Waals surface area contributed by atoms with E-state index in [4.69, 9.17) is 0 Å². The van der Waals surface area contributed by atoms with Gasteiger partial charge in [0.05, 0.1) is 10.5 Å². The van der Waals surface area contributed by atoms with Crippen molar-refractivity contribution < 1.29 is 17.6 Å². The van der Waals surface area contributed by atoms with Crippen molar-refractivity contribution in [1.29, 1.82) is 0 Å². The van der Waals surface area contributed by atoms with Crippen LogP contribution < -0.4 is 10.3 Å². The van der Waals surface area contributed by atoms with Gasteiger partial charge in [0.1, 0.15) is 5.82 Å². The number of sulfonamides is 1. The second-order valence-corrected chi connectivity index (χ2v) is 7.01. The first-order chi connectivity index (χ1) is 11.0. The highest BCUT2D eigenvalue weighted by Crippen LogP contribution is 2.24. The highest BCUT2D eigenvalue weighted by atomic mass is 32.2. The molecular formula is C16H15FN2O3S. The number of benzene rings is 2. The lowest BCUT2D eigenvalue weighted by Gasteiger charge is -2.10. The molecule has 5 nitrogen and oxygen atoms in total. The smallest absolute Gasteiger partial charge is 0.269 e. The maximum absolute atomic E-state index is 13.5. The number of hydrogen-bond donors (Lipinski definition) is 2. The lowest BCUT2D eigenvalue weighted by molar-refractivity contribution is 0.0941. The average Bonchev–Trinajstić information content (AvgIpc) is 3.00. The lowest BCUT2D eigenvalue weighted by atomic mass is 10.1. The Hall–Kier alpha value is -2.25. The summed E-state index contributed by atoms with van der Waals surface area (Å²) in [7, 11) is -3.90. The van der Waals surface area contributed by atoms with Crippen molar-refractivity contribution in [2.75, 3.05) is 0 Å². The Kier molecular flexibility index (Phi) is 4.14. The van der Waals surface area contributed by atoms with Crippen molar-refractivity contribution >= 4 is 15.9 Å². The largest absolute Gasteiger partial charge is 0.273 e. The van der Waals surface area contributed by atoms with E-state index < -0.39 is 21.7 Å². The Morgan fingerprint density at radius 3 is 2.57 bits per heavy atom. The van der Waals surface area contributed by atoms with Crippen LogP contribution in [-0.4, -0.2) is 14.3 Å². The Balaban J connectivity index is 1.74. The topological polar surface area (TPSA) is 75.3 Å². The number of rotatable bonds is 4. The summed E-state index contributed by atoms with van der Waals surface area (Å²) in [5.74, 6) is -1.57. The molecular weight excluding hydrogens is 319 g/mol. The van der Waals surface area contributed by atoms with E-state index in [2.05, 4.69) is 0 Å². The number of amides is 1. The summed E-state index contributed by atoms with van der Waals surface area (Å²) in [6.07, 6.45) is 2.81. The zero-order valence-electron chi connectivity index (χ0n) is 12.2. The Morgan fingerprint density at radius 1 is 1.04 bits per heavy atom. The Labute approximate surface area is 133 Å². The molecule has 0 unspecified atom stereocenters. The van der Waals surface area contributed by atoms with Gasteiger partial charge in [0, 0.05) is 0 Å². The van der Waals surface area contributed by atoms with Crippen LogP contribution in [0.2, 0.25) is 0 Å². The fraction of sp³-hybridized carbons (Fsp3) is 0.188. The minimum absolute atomic E-state index is 0.0759. The molecule has 0 aromatic heterocycles. The number of aryl methyl sites for hydroxylation is 2. The summed E-state index contributed by atoms with van der Waals surface area (Å²) in [5, 5.41) is 0. The molecule has 0 radical (unpaired) electrons. The highest BCUT2D eigenvalue weighted by Gasteiger charge is 2.20. The first-order valence-electron chi connectivity index (χ1n) is 7.16. The van der Waals surface area contributed by atoms with E-state index in [-0.39, 0.29) is 10.5 Å². The van der Waals surface area contributed by atoms with Gasteiger partial charge < -0.3 is 0 Å². The van der Waals surface area contributed by atoms with Gasteiger partial charge in [-0.25, -0.2) is 12.8 Å². The van der Waals surface area contributed by atoms with Gasteiger partial charge in [0.25, 0.3) is 15.9 Å². The van der Waals surface area contributed by atoms with Crippen molar-refractivity contribution in [3.63, 3.8) is 0 Å². The van der Waals surface area contributed by atoms with Crippen LogP contribution in [0.25, 0.3) is 0 Å². The van der Waals surface area contributed by atoms with Gasteiger partial charge in [0.2, 0.25) is 0 Å². The van der Waals surface area contributed by atoms with E-state index in [9.17, 15) is 17.6 Å². The summed E-state index contributed by atoms with van der Waals surface area (Å²) in [4.78, 5) is 13.9. The SMILES string of the molecule is O=C(NNS(=O)(=O)c1ccc2c(c1)CCC2)c1ccccc1F. The minimum atomic E-state index is -3.90. The van der Waals surface area contributed by atoms with Gasteiger partial charge >= 0.3 is 0 Å². The maximum Gasteiger partial charge on any atom is 0.269 e. The fourth-order valence-electron chi connectivity index (χ4n) is 2.60.